The van der Waals surface area contributed by atoms with Crippen molar-refractivity contribution < 1.29 is 4.74 Å². The molecule has 3 rings (SSSR count). The minimum Gasteiger partial charge on any atom is -0.492 e. The first-order valence-corrected chi connectivity index (χ1v) is 8.35. The van der Waals surface area contributed by atoms with Gasteiger partial charge in [-0.25, -0.2) is 0 Å². The molecule has 0 atom stereocenters. The Labute approximate surface area is 152 Å². The van der Waals surface area contributed by atoms with E-state index in [2.05, 4.69) is 6.07 Å². The summed E-state index contributed by atoms with van der Waals surface area (Å²) in [7, 11) is 0. The van der Waals surface area contributed by atoms with Crippen LogP contribution in [0.1, 0.15) is 17.0 Å². The summed E-state index contributed by atoms with van der Waals surface area (Å²) in [6.45, 7) is 1.00. The molecule has 0 aliphatic heterocycles. The van der Waals surface area contributed by atoms with E-state index in [-0.39, 0.29) is 0 Å². The summed E-state index contributed by atoms with van der Waals surface area (Å²) in [5.74, 6) is 0.803. The maximum absolute atomic E-state index is 9.39. The summed E-state index contributed by atoms with van der Waals surface area (Å²) >= 11 is 6.06. The van der Waals surface area contributed by atoms with Crippen molar-refractivity contribution in [3.63, 3.8) is 0 Å². The van der Waals surface area contributed by atoms with E-state index in [9.17, 15) is 5.26 Å². The summed E-state index contributed by atoms with van der Waals surface area (Å²) in [4.78, 5) is 0. The Hall–Kier alpha value is -2.90. The van der Waals surface area contributed by atoms with E-state index in [1.54, 1.807) is 6.07 Å². The highest BCUT2D eigenvalue weighted by molar-refractivity contribution is 6.30. The van der Waals surface area contributed by atoms with E-state index in [4.69, 9.17) is 22.1 Å². The van der Waals surface area contributed by atoms with Gasteiger partial charge in [0, 0.05) is 17.1 Å². The van der Waals surface area contributed by atoms with Gasteiger partial charge < -0.3 is 15.0 Å². The van der Waals surface area contributed by atoms with Crippen LogP contribution in [-0.4, -0.2) is 11.2 Å². The van der Waals surface area contributed by atoms with E-state index < -0.39 is 0 Å². The van der Waals surface area contributed by atoms with Gasteiger partial charge in [0.05, 0.1) is 12.2 Å². The number of ether oxygens (including phenoxy) is 1. The topological polar surface area (TPSA) is 64.0 Å². The smallest absolute Gasteiger partial charge is 0.122 e. The molecule has 4 nitrogen and oxygen atoms in total. The molecule has 1 aromatic heterocycles. The normalized spacial score (nSPS) is 10.4. The van der Waals surface area contributed by atoms with Crippen molar-refractivity contribution in [2.45, 2.75) is 13.0 Å². The van der Waals surface area contributed by atoms with Gasteiger partial charge in [0.15, 0.2) is 0 Å². The van der Waals surface area contributed by atoms with Gasteiger partial charge in [0.1, 0.15) is 24.1 Å². The Kier molecular flexibility index (Phi) is 5.27. The van der Waals surface area contributed by atoms with Crippen molar-refractivity contribution in [3.05, 3.63) is 82.6 Å². The third-order valence-corrected chi connectivity index (χ3v) is 4.18. The lowest BCUT2D eigenvalue weighted by atomic mass is 10.1. The van der Waals surface area contributed by atoms with Crippen LogP contribution in [0.3, 0.4) is 0 Å². The summed E-state index contributed by atoms with van der Waals surface area (Å²) in [5, 5.41) is 10.1. The van der Waals surface area contributed by atoms with Crippen LogP contribution >= 0.6 is 11.6 Å². The zero-order valence-corrected chi connectivity index (χ0v) is 14.4. The Morgan fingerprint density at radius 2 is 1.88 bits per heavy atom. The predicted octanol–water partition coefficient (Wildman–Crippen LogP) is 4.27. The van der Waals surface area contributed by atoms with Crippen LogP contribution in [0.25, 0.3) is 0 Å². The summed E-state index contributed by atoms with van der Waals surface area (Å²) in [5.41, 5.74) is 9.23. The Morgan fingerprint density at radius 1 is 1.08 bits per heavy atom. The molecular formula is C20H18ClN3O. The van der Waals surface area contributed by atoms with Crippen molar-refractivity contribution in [1.82, 2.24) is 4.57 Å². The standard InChI is InChI=1S/C20H18ClN3O/c21-16-6-4-5-15(11-16)12-20-19(23)13-17(14-22)24(20)9-10-25-18-7-2-1-3-8-18/h1-8,11,13H,9-10,12,23H2. The van der Waals surface area contributed by atoms with E-state index in [1.165, 1.54) is 0 Å². The van der Waals surface area contributed by atoms with E-state index in [0.717, 1.165) is 17.0 Å². The molecule has 0 unspecified atom stereocenters. The zero-order chi connectivity index (χ0) is 17.6. The van der Waals surface area contributed by atoms with Gasteiger partial charge in [-0.05, 0) is 35.9 Å². The Balaban J connectivity index is 1.79. The summed E-state index contributed by atoms with van der Waals surface area (Å²) < 4.78 is 7.67. The van der Waals surface area contributed by atoms with Crippen LogP contribution < -0.4 is 10.5 Å². The number of aromatic nitrogens is 1. The summed E-state index contributed by atoms with van der Waals surface area (Å²) in [6, 6.07) is 21.2. The maximum Gasteiger partial charge on any atom is 0.122 e. The number of anilines is 1. The van der Waals surface area contributed by atoms with Gasteiger partial charge in [-0.1, -0.05) is 41.9 Å². The number of hydrogen-bond donors (Lipinski definition) is 1. The quantitative estimate of drug-likeness (QED) is 0.721. The first-order valence-electron chi connectivity index (χ1n) is 7.97. The molecule has 1 heterocycles. The molecule has 25 heavy (non-hydrogen) atoms. The number of benzene rings is 2. The SMILES string of the molecule is N#Cc1cc(N)c(Cc2cccc(Cl)c2)n1CCOc1ccccc1. The number of para-hydroxylation sites is 1. The van der Waals surface area contributed by atoms with Crippen molar-refractivity contribution in [3.8, 4) is 11.8 Å². The Bertz CT molecular complexity index is 897. The monoisotopic (exact) mass is 351 g/mol. The van der Waals surface area contributed by atoms with Gasteiger partial charge >= 0.3 is 0 Å². The summed E-state index contributed by atoms with van der Waals surface area (Å²) in [6.07, 6.45) is 0.611. The third-order valence-electron chi connectivity index (χ3n) is 3.94. The number of nitrogen functional groups attached to an aromatic ring is 1. The van der Waals surface area contributed by atoms with E-state index >= 15 is 0 Å². The van der Waals surface area contributed by atoms with Crippen LogP contribution in [0.2, 0.25) is 5.02 Å². The lowest BCUT2D eigenvalue weighted by Gasteiger charge is -2.13. The molecule has 0 fully saturated rings. The highest BCUT2D eigenvalue weighted by Gasteiger charge is 2.14. The fraction of sp³-hybridized carbons (Fsp3) is 0.150. The number of halogens is 1. The highest BCUT2D eigenvalue weighted by Crippen LogP contribution is 2.23. The van der Waals surface area contributed by atoms with Crippen LogP contribution in [0, 0.1) is 11.3 Å². The van der Waals surface area contributed by atoms with E-state index in [0.29, 0.717) is 36.0 Å². The lowest BCUT2D eigenvalue weighted by molar-refractivity contribution is 0.296. The van der Waals surface area contributed by atoms with Gasteiger partial charge in [0.25, 0.3) is 0 Å². The minimum absolute atomic E-state index is 0.454. The zero-order valence-electron chi connectivity index (χ0n) is 13.7. The molecule has 0 aliphatic carbocycles. The molecule has 5 heteroatoms. The lowest BCUT2D eigenvalue weighted by Crippen LogP contribution is -2.13. The number of rotatable bonds is 6. The molecular weight excluding hydrogens is 334 g/mol. The molecule has 2 N–H and O–H groups in total. The number of nitriles is 1. The van der Waals surface area contributed by atoms with Crippen LogP contribution in [0.15, 0.2) is 60.7 Å². The molecule has 0 saturated carbocycles. The highest BCUT2D eigenvalue weighted by atomic mass is 35.5. The molecule has 126 valence electrons. The Morgan fingerprint density at radius 3 is 2.60 bits per heavy atom. The average Bonchev–Trinajstić information content (AvgIpc) is 2.91. The molecule has 0 amide bonds. The van der Waals surface area contributed by atoms with Crippen LogP contribution in [-0.2, 0) is 13.0 Å². The molecule has 0 aliphatic rings. The molecule has 2 aromatic carbocycles. The van der Waals surface area contributed by atoms with Crippen LogP contribution in [0.5, 0.6) is 5.75 Å². The van der Waals surface area contributed by atoms with Crippen LogP contribution in [0.4, 0.5) is 5.69 Å². The molecule has 0 spiro atoms. The van der Waals surface area contributed by atoms with Crippen molar-refractivity contribution in [2.75, 3.05) is 12.3 Å². The van der Waals surface area contributed by atoms with Crippen molar-refractivity contribution in [2.24, 2.45) is 0 Å². The maximum atomic E-state index is 9.39. The van der Waals surface area contributed by atoms with Crippen molar-refractivity contribution >= 4 is 17.3 Å². The second-order valence-corrected chi connectivity index (χ2v) is 6.10. The second-order valence-electron chi connectivity index (χ2n) is 5.66. The number of hydrogen-bond acceptors (Lipinski definition) is 3. The minimum atomic E-state index is 0.454. The fourth-order valence-corrected chi connectivity index (χ4v) is 2.98. The number of nitrogens with zero attached hydrogens (tertiary/aromatic N) is 2. The third kappa shape index (κ3) is 4.14. The molecule has 0 radical (unpaired) electrons. The predicted molar refractivity (Wildman–Crippen MR) is 99.8 cm³/mol. The second kappa shape index (κ2) is 7.78. The first-order chi connectivity index (χ1) is 12.2. The first kappa shape index (κ1) is 16.9. The molecule has 0 saturated heterocycles. The molecule has 3 aromatic rings. The van der Waals surface area contributed by atoms with Gasteiger partial charge in [0.2, 0.25) is 0 Å². The largest absolute Gasteiger partial charge is 0.492 e. The van der Waals surface area contributed by atoms with E-state index in [1.807, 2.05) is 59.2 Å². The molecule has 0 bridgehead atoms. The number of nitrogens with two attached hydrogens (primary N) is 1. The fourth-order valence-electron chi connectivity index (χ4n) is 2.77. The average molecular weight is 352 g/mol. The van der Waals surface area contributed by atoms with Gasteiger partial charge in [-0.2, -0.15) is 5.26 Å². The van der Waals surface area contributed by atoms with Crippen molar-refractivity contribution in [1.29, 1.82) is 5.26 Å². The van der Waals surface area contributed by atoms with Gasteiger partial charge in [-0.15, -0.1) is 0 Å². The van der Waals surface area contributed by atoms with Gasteiger partial charge in [-0.3, -0.25) is 0 Å².